The van der Waals surface area contributed by atoms with Gasteiger partial charge in [-0.05, 0) is 113 Å². The molecule has 0 radical (unpaired) electrons. The largest absolute Gasteiger partial charge is 0.342 e. The fourth-order valence-electron chi connectivity index (χ4n) is 8.74. The summed E-state index contributed by atoms with van der Waals surface area (Å²) in [7, 11) is 1.77. The summed E-state index contributed by atoms with van der Waals surface area (Å²) in [5.41, 5.74) is 4.38. The first-order chi connectivity index (χ1) is 22.9. The number of fused-ring (bicyclic) bond motifs is 2. The molecule has 0 N–H and O–H groups in total. The highest BCUT2D eigenvalue weighted by Crippen LogP contribution is 2.35. The molecule has 0 spiro atoms. The Hall–Kier alpha value is -3.30. The minimum absolute atomic E-state index is 0.00511. The van der Waals surface area contributed by atoms with E-state index in [2.05, 4.69) is 46.3 Å². The van der Waals surface area contributed by atoms with Crippen LogP contribution in [-0.2, 0) is 11.2 Å². The van der Waals surface area contributed by atoms with Crippen LogP contribution < -0.4 is 0 Å². The molecule has 3 aliphatic heterocycles. The highest BCUT2D eigenvalue weighted by Gasteiger charge is 2.40. The van der Waals surface area contributed by atoms with Crippen LogP contribution in [0.1, 0.15) is 75.4 Å². The molecule has 3 aliphatic rings. The van der Waals surface area contributed by atoms with Crippen molar-refractivity contribution in [2.75, 3.05) is 52.9 Å². The average Bonchev–Trinajstić information content (AvgIpc) is 3.82. The fraction of sp³-hybridized carbons (Fsp3) is 0.615. The van der Waals surface area contributed by atoms with Gasteiger partial charge in [0.2, 0.25) is 5.91 Å². The molecule has 3 saturated heterocycles. The second-order valence-corrected chi connectivity index (χ2v) is 15.6. The van der Waals surface area contributed by atoms with Crippen molar-refractivity contribution in [3.63, 3.8) is 0 Å². The maximum Gasteiger partial charge on any atom is 0.256 e. The number of amides is 2. The molecule has 260 valence electrons. The molecule has 48 heavy (non-hydrogen) atoms. The van der Waals surface area contributed by atoms with E-state index in [9.17, 15) is 14.0 Å². The molecule has 0 bridgehead atoms. The lowest BCUT2D eigenvalue weighted by Crippen LogP contribution is -2.38. The maximum absolute atomic E-state index is 14.5. The third-order valence-corrected chi connectivity index (χ3v) is 11.6. The van der Waals surface area contributed by atoms with Gasteiger partial charge in [-0.15, -0.1) is 0 Å². The second kappa shape index (κ2) is 14.3. The Balaban J connectivity index is 1.14. The molecule has 0 saturated carbocycles. The van der Waals surface area contributed by atoms with Crippen molar-refractivity contribution < 1.29 is 14.0 Å². The van der Waals surface area contributed by atoms with Gasteiger partial charge < -0.3 is 19.3 Å². The molecule has 3 aromatic rings. The number of rotatable bonds is 11. The second-order valence-electron chi connectivity index (χ2n) is 15.6. The normalized spacial score (nSPS) is 22.4. The van der Waals surface area contributed by atoms with Crippen molar-refractivity contribution in [3.8, 4) is 5.69 Å². The molecular formula is C39H55FN6O2. The Morgan fingerprint density at radius 1 is 1.04 bits per heavy atom. The van der Waals surface area contributed by atoms with Crippen LogP contribution in [0.5, 0.6) is 0 Å². The minimum Gasteiger partial charge on any atom is -0.342 e. The van der Waals surface area contributed by atoms with Crippen molar-refractivity contribution in [3.05, 3.63) is 59.3 Å². The Bertz CT molecular complexity index is 1620. The Morgan fingerprint density at radius 2 is 1.77 bits per heavy atom. The van der Waals surface area contributed by atoms with Gasteiger partial charge in [0.15, 0.2) is 0 Å². The Morgan fingerprint density at radius 3 is 2.44 bits per heavy atom. The van der Waals surface area contributed by atoms with Gasteiger partial charge in [-0.3, -0.25) is 19.5 Å². The average molecular weight is 659 g/mol. The molecule has 1 aromatic carbocycles. The zero-order chi connectivity index (χ0) is 34.3. The third-order valence-electron chi connectivity index (χ3n) is 11.6. The topological polar surface area (TPSA) is 64.9 Å². The molecule has 4 atom stereocenters. The van der Waals surface area contributed by atoms with E-state index in [1.165, 1.54) is 42.3 Å². The van der Waals surface area contributed by atoms with Gasteiger partial charge >= 0.3 is 0 Å². The lowest BCUT2D eigenvalue weighted by Gasteiger charge is -2.32. The van der Waals surface area contributed by atoms with Crippen LogP contribution in [0.2, 0.25) is 0 Å². The van der Waals surface area contributed by atoms with Gasteiger partial charge in [-0.1, -0.05) is 13.8 Å². The van der Waals surface area contributed by atoms with Crippen LogP contribution in [0, 0.1) is 36.4 Å². The summed E-state index contributed by atoms with van der Waals surface area (Å²) in [6, 6.07) is 5.10. The van der Waals surface area contributed by atoms with E-state index in [1.54, 1.807) is 24.9 Å². The first-order valence-electron chi connectivity index (χ1n) is 18.1. The van der Waals surface area contributed by atoms with Crippen LogP contribution in [0.15, 0.2) is 36.8 Å². The predicted octanol–water partition coefficient (Wildman–Crippen LogP) is 6.03. The number of carbonyl (C=O) groups is 2. The van der Waals surface area contributed by atoms with Gasteiger partial charge in [-0.25, -0.2) is 4.39 Å². The fourth-order valence-corrected chi connectivity index (χ4v) is 8.74. The van der Waals surface area contributed by atoms with Crippen LogP contribution in [-0.4, -0.2) is 106 Å². The van der Waals surface area contributed by atoms with Crippen molar-refractivity contribution in [2.24, 2.45) is 23.7 Å². The summed E-state index contributed by atoms with van der Waals surface area (Å²) < 4.78 is 16.6. The minimum atomic E-state index is -0.417. The van der Waals surface area contributed by atoms with Crippen LogP contribution in [0.3, 0.4) is 0 Å². The van der Waals surface area contributed by atoms with Crippen molar-refractivity contribution in [2.45, 2.75) is 79.3 Å². The lowest BCUT2D eigenvalue weighted by molar-refractivity contribution is -0.128. The number of hydrogen-bond acceptors (Lipinski definition) is 5. The summed E-state index contributed by atoms with van der Waals surface area (Å²) in [4.78, 5) is 38.9. The highest BCUT2D eigenvalue weighted by atomic mass is 19.1. The standard InChI is InChI=1S/C39H55FN6O2/c1-25(2)35(9-8-13-43-20-31-22-45(28(6)47)23-32(31)21-43)44-14-12-29(19-44)15-30-24-46(37-18-41-17-27(5)38(30)37)36-11-10-33(40)16-34(36)39(48)42(7)26(3)4/h10-11,16-18,24-26,29,31-32,35H,8-9,12-15,19-23H2,1-7H3/t29-,31-,32-,35?/m0/s1. The molecule has 6 rings (SSSR count). The summed E-state index contributed by atoms with van der Waals surface area (Å²) in [5, 5.41) is 1.19. The first-order valence-corrected chi connectivity index (χ1v) is 18.1. The zero-order valence-corrected chi connectivity index (χ0v) is 30.1. The molecule has 2 amide bonds. The van der Waals surface area contributed by atoms with Gasteiger partial charge in [0.25, 0.3) is 5.91 Å². The van der Waals surface area contributed by atoms with E-state index in [0.29, 0.717) is 41.0 Å². The van der Waals surface area contributed by atoms with E-state index in [0.717, 1.165) is 63.3 Å². The number of benzene rings is 1. The summed E-state index contributed by atoms with van der Waals surface area (Å²) in [6.45, 7) is 20.0. The Kier molecular flexibility index (Phi) is 10.3. The quantitative estimate of drug-likeness (QED) is 0.252. The van der Waals surface area contributed by atoms with Crippen molar-refractivity contribution >= 4 is 22.7 Å². The number of halogens is 1. The van der Waals surface area contributed by atoms with Crippen LogP contribution in [0.25, 0.3) is 16.6 Å². The summed E-state index contributed by atoms with van der Waals surface area (Å²) in [6.07, 6.45) is 10.5. The molecule has 8 nitrogen and oxygen atoms in total. The lowest BCUT2D eigenvalue weighted by atomic mass is 9.96. The summed E-state index contributed by atoms with van der Waals surface area (Å²) >= 11 is 0. The number of likely N-dealkylation sites (tertiary alicyclic amines) is 3. The molecule has 9 heteroatoms. The smallest absolute Gasteiger partial charge is 0.256 e. The van der Waals surface area contributed by atoms with Crippen LogP contribution in [0.4, 0.5) is 4.39 Å². The number of carbonyl (C=O) groups excluding carboxylic acids is 2. The van der Waals surface area contributed by atoms with Crippen LogP contribution >= 0.6 is 0 Å². The van der Waals surface area contributed by atoms with Crippen molar-refractivity contribution in [1.82, 2.24) is 29.2 Å². The zero-order valence-electron chi connectivity index (χ0n) is 30.1. The maximum atomic E-state index is 14.5. The number of hydrogen-bond donors (Lipinski definition) is 0. The third kappa shape index (κ3) is 7.04. The van der Waals surface area contributed by atoms with Gasteiger partial charge in [-0.2, -0.15) is 0 Å². The first kappa shape index (κ1) is 34.6. The van der Waals surface area contributed by atoms with Gasteiger partial charge in [0.05, 0.1) is 23.0 Å². The summed E-state index contributed by atoms with van der Waals surface area (Å²) in [5.74, 6) is 2.05. The number of pyridine rings is 1. The van der Waals surface area contributed by atoms with Gasteiger partial charge in [0, 0.05) is 76.6 Å². The number of nitrogens with zero attached hydrogens (tertiary/aromatic N) is 6. The molecule has 5 heterocycles. The van der Waals surface area contributed by atoms with E-state index in [1.807, 2.05) is 31.1 Å². The molecule has 3 fully saturated rings. The predicted molar refractivity (Wildman–Crippen MR) is 190 cm³/mol. The van der Waals surface area contributed by atoms with E-state index < -0.39 is 5.82 Å². The monoisotopic (exact) mass is 658 g/mol. The van der Waals surface area contributed by atoms with Gasteiger partial charge in [0.1, 0.15) is 5.82 Å². The molecule has 0 aliphatic carbocycles. The van der Waals surface area contributed by atoms with E-state index >= 15 is 0 Å². The highest BCUT2D eigenvalue weighted by molar-refractivity contribution is 5.99. The SMILES string of the molecule is CC(=O)N1C[C@@H]2CN(CCCC(C(C)C)N3CC[C@@H](Cc4cn(-c5ccc(F)cc5C(=O)N(C)C(C)C)c5cncc(C)c45)C3)C[C@H]2C1. The number of aryl methyl sites for hydroxylation is 1. The Labute approximate surface area is 286 Å². The number of aromatic nitrogens is 2. The van der Waals surface area contributed by atoms with Crippen molar-refractivity contribution in [1.29, 1.82) is 0 Å². The van der Waals surface area contributed by atoms with E-state index in [-0.39, 0.29) is 17.9 Å². The molecular weight excluding hydrogens is 603 g/mol. The van der Waals surface area contributed by atoms with E-state index in [4.69, 9.17) is 0 Å². The molecule has 2 aromatic heterocycles. The molecule has 1 unspecified atom stereocenters.